The van der Waals surface area contributed by atoms with Gasteiger partial charge in [-0.2, -0.15) is 0 Å². The van der Waals surface area contributed by atoms with E-state index >= 15 is 0 Å². The lowest BCUT2D eigenvalue weighted by Gasteiger charge is -2.27. The van der Waals surface area contributed by atoms with Gasteiger partial charge in [-0.25, -0.2) is 15.0 Å². The van der Waals surface area contributed by atoms with Gasteiger partial charge in [-0.1, -0.05) is 0 Å². The van der Waals surface area contributed by atoms with Gasteiger partial charge in [0.15, 0.2) is 5.82 Å². The van der Waals surface area contributed by atoms with E-state index in [1.807, 2.05) is 24.9 Å². The SMILES string of the molecule is Cc1nc(C)c(C(=O)N2CCCC2c2ncc3c(n2)CCN(C)C3)s1. The van der Waals surface area contributed by atoms with Crippen LogP contribution in [0.1, 0.15) is 56.3 Å². The zero-order chi connectivity index (χ0) is 17.6. The Bertz CT molecular complexity index is 818. The zero-order valence-electron chi connectivity index (χ0n) is 14.9. The van der Waals surface area contributed by atoms with E-state index in [4.69, 9.17) is 4.98 Å². The van der Waals surface area contributed by atoms with Gasteiger partial charge in [0, 0.05) is 43.5 Å². The molecule has 132 valence electrons. The maximum absolute atomic E-state index is 13.0. The normalized spacial score (nSPS) is 20.8. The summed E-state index contributed by atoms with van der Waals surface area (Å²) in [5, 5.41) is 0.936. The van der Waals surface area contributed by atoms with Crippen LogP contribution in [0.5, 0.6) is 0 Å². The molecule has 4 heterocycles. The number of aromatic nitrogens is 3. The minimum atomic E-state index is -0.0146. The van der Waals surface area contributed by atoms with Crippen molar-refractivity contribution in [2.75, 3.05) is 20.1 Å². The average Bonchev–Trinajstić information content (AvgIpc) is 3.20. The number of nitrogens with zero attached hydrogens (tertiary/aromatic N) is 5. The second kappa shape index (κ2) is 6.46. The lowest BCUT2D eigenvalue weighted by molar-refractivity contribution is 0.0733. The molecule has 7 heteroatoms. The van der Waals surface area contributed by atoms with E-state index in [1.165, 1.54) is 16.9 Å². The van der Waals surface area contributed by atoms with Gasteiger partial charge >= 0.3 is 0 Å². The van der Waals surface area contributed by atoms with E-state index in [-0.39, 0.29) is 11.9 Å². The molecule has 0 radical (unpaired) electrons. The van der Waals surface area contributed by atoms with E-state index < -0.39 is 0 Å². The van der Waals surface area contributed by atoms with Crippen LogP contribution < -0.4 is 0 Å². The predicted molar refractivity (Wildman–Crippen MR) is 96.7 cm³/mol. The third-order valence-electron chi connectivity index (χ3n) is 5.05. The third kappa shape index (κ3) is 3.06. The highest BCUT2D eigenvalue weighted by atomic mass is 32.1. The van der Waals surface area contributed by atoms with Crippen molar-refractivity contribution in [3.8, 4) is 0 Å². The first kappa shape index (κ1) is 16.6. The number of aryl methyl sites for hydroxylation is 2. The molecule has 1 saturated heterocycles. The van der Waals surface area contributed by atoms with E-state index in [2.05, 4.69) is 21.9 Å². The molecule has 0 aromatic carbocycles. The quantitative estimate of drug-likeness (QED) is 0.826. The van der Waals surface area contributed by atoms with Crippen molar-refractivity contribution >= 4 is 17.2 Å². The average molecular weight is 357 g/mol. The summed E-state index contributed by atoms with van der Waals surface area (Å²) in [6.45, 7) is 6.55. The van der Waals surface area contributed by atoms with Gasteiger partial charge in [0.05, 0.1) is 16.7 Å². The molecule has 4 rings (SSSR count). The fourth-order valence-corrected chi connectivity index (χ4v) is 4.65. The molecule has 0 aliphatic carbocycles. The molecule has 2 aliphatic heterocycles. The van der Waals surface area contributed by atoms with Crippen molar-refractivity contribution in [2.45, 2.75) is 45.7 Å². The Hall–Kier alpha value is -1.86. The molecule has 1 fully saturated rings. The topological polar surface area (TPSA) is 62.2 Å². The summed E-state index contributed by atoms with van der Waals surface area (Å²) in [6.07, 6.45) is 4.84. The van der Waals surface area contributed by atoms with Gasteiger partial charge < -0.3 is 9.80 Å². The molecule has 1 unspecified atom stereocenters. The standard InChI is InChI=1S/C18H23N5OS/c1-11-16(25-12(2)20-11)18(24)23-7-4-5-15(23)17-19-9-13-10-22(3)8-6-14(13)21-17/h9,15H,4-8,10H2,1-3H3. The molecule has 0 bridgehead atoms. The second-order valence-electron chi connectivity index (χ2n) is 6.99. The Morgan fingerprint density at radius 3 is 2.88 bits per heavy atom. The van der Waals surface area contributed by atoms with E-state index in [0.29, 0.717) is 0 Å². The van der Waals surface area contributed by atoms with Gasteiger partial charge in [-0.3, -0.25) is 4.79 Å². The van der Waals surface area contributed by atoms with Crippen LogP contribution in [0.25, 0.3) is 0 Å². The minimum Gasteiger partial charge on any atom is -0.328 e. The van der Waals surface area contributed by atoms with Crippen LogP contribution in [0.2, 0.25) is 0 Å². The van der Waals surface area contributed by atoms with Crippen molar-refractivity contribution in [3.05, 3.63) is 38.9 Å². The first-order valence-corrected chi connectivity index (χ1v) is 9.63. The number of carbonyl (C=O) groups is 1. The lowest BCUT2D eigenvalue weighted by Crippen LogP contribution is -2.32. The Labute approximate surface area is 151 Å². The first-order chi connectivity index (χ1) is 12.0. The number of likely N-dealkylation sites (tertiary alicyclic amines) is 1. The number of likely N-dealkylation sites (N-methyl/N-ethyl adjacent to an activating group) is 1. The van der Waals surface area contributed by atoms with Crippen LogP contribution in [-0.2, 0) is 13.0 Å². The Morgan fingerprint density at radius 2 is 2.12 bits per heavy atom. The second-order valence-corrected chi connectivity index (χ2v) is 8.20. The van der Waals surface area contributed by atoms with Gasteiger partial charge in [0.25, 0.3) is 5.91 Å². The number of hydrogen-bond donors (Lipinski definition) is 0. The van der Waals surface area contributed by atoms with Gasteiger partial charge in [-0.15, -0.1) is 11.3 Å². The fraction of sp³-hybridized carbons (Fsp3) is 0.556. The number of fused-ring (bicyclic) bond motifs is 1. The van der Waals surface area contributed by atoms with Gasteiger partial charge in [0.1, 0.15) is 4.88 Å². The number of hydrogen-bond acceptors (Lipinski definition) is 6. The number of carbonyl (C=O) groups excluding carboxylic acids is 1. The summed E-state index contributed by atoms with van der Waals surface area (Å²) >= 11 is 1.48. The van der Waals surface area contributed by atoms with Gasteiger partial charge in [-0.05, 0) is 33.7 Å². The first-order valence-electron chi connectivity index (χ1n) is 8.81. The van der Waals surface area contributed by atoms with Crippen LogP contribution in [0.15, 0.2) is 6.20 Å². The van der Waals surface area contributed by atoms with Crippen LogP contribution in [0.4, 0.5) is 0 Å². The molecular formula is C18H23N5OS. The third-order valence-corrected chi connectivity index (χ3v) is 6.11. The highest BCUT2D eigenvalue weighted by Crippen LogP contribution is 2.33. The highest BCUT2D eigenvalue weighted by molar-refractivity contribution is 7.13. The maximum atomic E-state index is 13.0. The minimum absolute atomic E-state index is 0.0146. The molecule has 2 aromatic rings. The van der Waals surface area contributed by atoms with Crippen LogP contribution >= 0.6 is 11.3 Å². The summed E-state index contributed by atoms with van der Waals surface area (Å²) in [6, 6.07) is -0.0146. The van der Waals surface area contributed by atoms with Crippen LogP contribution in [0.3, 0.4) is 0 Å². The number of rotatable bonds is 2. The molecule has 2 aromatic heterocycles. The lowest BCUT2D eigenvalue weighted by atomic mass is 10.1. The largest absolute Gasteiger partial charge is 0.328 e. The Morgan fingerprint density at radius 1 is 1.28 bits per heavy atom. The number of amides is 1. The molecule has 1 amide bonds. The van der Waals surface area contributed by atoms with Crippen molar-refractivity contribution in [2.24, 2.45) is 0 Å². The fourth-order valence-electron chi connectivity index (χ4n) is 3.77. The van der Waals surface area contributed by atoms with Crippen LogP contribution in [-0.4, -0.2) is 50.8 Å². The summed E-state index contributed by atoms with van der Waals surface area (Å²) in [7, 11) is 2.12. The van der Waals surface area contributed by atoms with Gasteiger partial charge in [0.2, 0.25) is 0 Å². The molecule has 6 nitrogen and oxygen atoms in total. The van der Waals surface area contributed by atoms with Crippen molar-refractivity contribution in [3.63, 3.8) is 0 Å². The predicted octanol–water partition coefficient (Wildman–Crippen LogP) is 2.52. The summed E-state index contributed by atoms with van der Waals surface area (Å²) in [5.41, 5.74) is 3.18. The van der Waals surface area contributed by atoms with Crippen molar-refractivity contribution in [1.82, 2.24) is 24.8 Å². The molecule has 0 spiro atoms. The molecule has 1 atom stereocenters. The molecule has 25 heavy (non-hydrogen) atoms. The summed E-state index contributed by atoms with van der Waals surface area (Å²) in [4.78, 5) is 31.9. The van der Waals surface area contributed by atoms with Crippen molar-refractivity contribution in [1.29, 1.82) is 0 Å². The highest BCUT2D eigenvalue weighted by Gasteiger charge is 2.34. The van der Waals surface area contributed by atoms with E-state index in [0.717, 1.165) is 66.0 Å². The van der Waals surface area contributed by atoms with Crippen molar-refractivity contribution < 1.29 is 4.79 Å². The summed E-state index contributed by atoms with van der Waals surface area (Å²) < 4.78 is 0. The molecule has 2 aliphatic rings. The van der Waals surface area contributed by atoms with E-state index in [1.54, 1.807) is 0 Å². The molecule has 0 N–H and O–H groups in total. The Balaban J connectivity index is 1.61. The van der Waals surface area contributed by atoms with E-state index in [9.17, 15) is 4.79 Å². The zero-order valence-corrected chi connectivity index (χ0v) is 15.8. The Kier molecular flexibility index (Phi) is 4.29. The van der Waals surface area contributed by atoms with Crippen LogP contribution in [0, 0.1) is 13.8 Å². The summed E-state index contributed by atoms with van der Waals surface area (Å²) in [5.74, 6) is 0.875. The molecule has 0 saturated carbocycles. The molecular weight excluding hydrogens is 334 g/mol. The maximum Gasteiger partial charge on any atom is 0.266 e. The smallest absolute Gasteiger partial charge is 0.266 e. The number of thiazole rings is 1. The monoisotopic (exact) mass is 357 g/mol.